The van der Waals surface area contributed by atoms with Gasteiger partial charge in [0.1, 0.15) is 5.25 Å². The number of hydrogen-bond acceptors (Lipinski definition) is 4. The second kappa shape index (κ2) is 6.59. The Hall–Kier alpha value is -2.44. The van der Waals surface area contributed by atoms with Crippen LogP contribution in [0.15, 0.2) is 60.9 Å². The lowest BCUT2D eigenvalue weighted by Gasteiger charge is -2.18. The largest absolute Gasteiger partial charge is 0.329 e. The van der Waals surface area contributed by atoms with Gasteiger partial charge in [0.15, 0.2) is 0 Å². The molecule has 0 aliphatic rings. The zero-order chi connectivity index (χ0) is 17.2. The monoisotopic (exact) mass is 341 g/mol. The van der Waals surface area contributed by atoms with Crippen LogP contribution < -0.4 is 10.5 Å². The molecule has 0 aliphatic heterocycles. The highest BCUT2D eigenvalue weighted by molar-refractivity contribution is 7.93. The van der Waals surface area contributed by atoms with Crippen LogP contribution in [0.5, 0.6) is 0 Å². The minimum atomic E-state index is -3.65. The number of sulfonamides is 1. The normalized spacial score (nSPS) is 12.9. The summed E-state index contributed by atoms with van der Waals surface area (Å²) in [5, 5.41) is 1.07. The lowest BCUT2D eigenvalue weighted by molar-refractivity contribution is 0.588. The van der Waals surface area contributed by atoms with E-state index < -0.39 is 15.3 Å². The van der Waals surface area contributed by atoms with Gasteiger partial charge in [-0.25, -0.2) is 8.42 Å². The Morgan fingerprint density at radius 3 is 2.54 bits per heavy atom. The highest BCUT2D eigenvalue weighted by Gasteiger charge is 2.26. The molecule has 1 unspecified atom stereocenters. The quantitative estimate of drug-likeness (QED) is 0.747. The number of rotatable bonds is 5. The third-order valence-electron chi connectivity index (χ3n) is 3.94. The molecule has 0 bridgehead atoms. The number of nitrogens with one attached hydrogen (secondary N) is 1. The molecule has 0 spiro atoms. The Labute approximate surface area is 141 Å². The van der Waals surface area contributed by atoms with Crippen molar-refractivity contribution in [3.05, 3.63) is 72.1 Å². The zero-order valence-electron chi connectivity index (χ0n) is 13.3. The van der Waals surface area contributed by atoms with Crippen molar-refractivity contribution in [1.29, 1.82) is 0 Å². The molecular weight excluding hydrogens is 322 g/mol. The number of hydrogen-bond donors (Lipinski definition) is 2. The summed E-state index contributed by atoms with van der Waals surface area (Å²) in [7, 11) is -3.65. The maximum Gasteiger partial charge on any atom is 0.241 e. The molecule has 0 fully saturated rings. The molecule has 1 heterocycles. The molecule has 0 saturated heterocycles. The number of aromatic nitrogens is 1. The average molecular weight is 341 g/mol. The Bertz CT molecular complexity index is 953. The minimum absolute atomic E-state index is 0.00982. The molecule has 6 heteroatoms. The molecule has 2 aromatic carbocycles. The average Bonchev–Trinajstić information content (AvgIpc) is 2.56. The Morgan fingerprint density at radius 2 is 1.83 bits per heavy atom. The molecule has 1 aromatic heterocycles. The van der Waals surface area contributed by atoms with E-state index in [-0.39, 0.29) is 6.54 Å². The van der Waals surface area contributed by atoms with E-state index in [1.807, 2.05) is 31.2 Å². The molecule has 0 aliphatic carbocycles. The Balaban J connectivity index is 1.91. The molecule has 0 amide bonds. The van der Waals surface area contributed by atoms with Gasteiger partial charge in [-0.2, -0.15) is 0 Å². The highest BCUT2D eigenvalue weighted by atomic mass is 32.2. The van der Waals surface area contributed by atoms with Crippen LogP contribution in [-0.2, 0) is 10.0 Å². The van der Waals surface area contributed by atoms with Crippen LogP contribution in [0.2, 0.25) is 0 Å². The minimum Gasteiger partial charge on any atom is -0.329 e. The van der Waals surface area contributed by atoms with Gasteiger partial charge in [0.25, 0.3) is 0 Å². The number of anilines is 1. The fourth-order valence-corrected chi connectivity index (χ4v) is 3.97. The summed E-state index contributed by atoms with van der Waals surface area (Å²) in [5.41, 5.74) is 8.01. The maximum absolute atomic E-state index is 12.7. The highest BCUT2D eigenvalue weighted by Crippen LogP contribution is 2.25. The smallest absolute Gasteiger partial charge is 0.241 e. The summed E-state index contributed by atoms with van der Waals surface area (Å²) in [6.45, 7) is 1.97. The van der Waals surface area contributed by atoms with Crippen LogP contribution in [0.1, 0.15) is 16.4 Å². The van der Waals surface area contributed by atoms with Crippen molar-refractivity contribution in [3.8, 4) is 0 Å². The summed E-state index contributed by atoms with van der Waals surface area (Å²) in [5.74, 6) is 0. The van der Waals surface area contributed by atoms with E-state index in [0.717, 1.165) is 16.3 Å². The third kappa shape index (κ3) is 3.39. The van der Waals surface area contributed by atoms with E-state index in [9.17, 15) is 8.42 Å². The van der Waals surface area contributed by atoms with Crippen LogP contribution in [0.3, 0.4) is 0 Å². The van der Waals surface area contributed by atoms with E-state index >= 15 is 0 Å². The van der Waals surface area contributed by atoms with Gasteiger partial charge in [-0.05, 0) is 36.1 Å². The van der Waals surface area contributed by atoms with Gasteiger partial charge in [-0.15, -0.1) is 0 Å². The molecule has 3 N–H and O–H groups in total. The lowest BCUT2D eigenvalue weighted by Crippen LogP contribution is -2.27. The van der Waals surface area contributed by atoms with E-state index in [1.54, 1.807) is 36.7 Å². The summed E-state index contributed by atoms with van der Waals surface area (Å²) in [4.78, 5) is 4.05. The van der Waals surface area contributed by atoms with Crippen LogP contribution in [0.25, 0.3) is 10.8 Å². The molecule has 124 valence electrons. The first-order chi connectivity index (χ1) is 11.5. The van der Waals surface area contributed by atoms with Crippen molar-refractivity contribution in [2.75, 3.05) is 11.3 Å². The van der Waals surface area contributed by atoms with Gasteiger partial charge < -0.3 is 5.73 Å². The van der Waals surface area contributed by atoms with Crippen molar-refractivity contribution in [2.45, 2.75) is 12.2 Å². The summed E-state index contributed by atoms with van der Waals surface area (Å²) in [6.07, 6.45) is 3.41. The molecular formula is C18H19N3O2S. The van der Waals surface area contributed by atoms with E-state index in [1.165, 1.54) is 0 Å². The van der Waals surface area contributed by atoms with Gasteiger partial charge in [-0.1, -0.05) is 35.9 Å². The molecule has 0 saturated carbocycles. The first-order valence-electron chi connectivity index (χ1n) is 7.61. The molecule has 5 nitrogen and oxygen atoms in total. The number of nitrogens with two attached hydrogens (primary N) is 1. The first kappa shape index (κ1) is 16.4. The fourth-order valence-electron chi connectivity index (χ4n) is 2.61. The predicted molar refractivity (Wildman–Crippen MR) is 97.3 cm³/mol. The van der Waals surface area contributed by atoms with Crippen molar-refractivity contribution < 1.29 is 8.42 Å². The Kier molecular flexibility index (Phi) is 4.51. The van der Waals surface area contributed by atoms with Crippen LogP contribution >= 0.6 is 0 Å². The van der Waals surface area contributed by atoms with Crippen molar-refractivity contribution >= 4 is 26.5 Å². The molecule has 3 aromatic rings. The Morgan fingerprint density at radius 1 is 1.08 bits per heavy atom. The van der Waals surface area contributed by atoms with Gasteiger partial charge >= 0.3 is 0 Å². The number of fused-ring (bicyclic) bond motifs is 1. The summed E-state index contributed by atoms with van der Waals surface area (Å²) >= 11 is 0. The van der Waals surface area contributed by atoms with E-state index in [2.05, 4.69) is 9.71 Å². The first-order valence-corrected chi connectivity index (χ1v) is 9.16. The van der Waals surface area contributed by atoms with Gasteiger partial charge in [-0.3, -0.25) is 9.71 Å². The van der Waals surface area contributed by atoms with Crippen molar-refractivity contribution in [2.24, 2.45) is 5.73 Å². The van der Waals surface area contributed by atoms with E-state index in [0.29, 0.717) is 11.3 Å². The number of benzene rings is 2. The SMILES string of the molecule is Cc1ccc(C(CN)S(=O)(=O)Nc2ccc3cnccc3c2)cc1. The third-order valence-corrected chi connectivity index (χ3v) is 5.67. The second-order valence-electron chi connectivity index (χ2n) is 5.72. The number of aryl methyl sites for hydroxylation is 1. The number of nitrogens with zero attached hydrogens (tertiary/aromatic N) is 1. The van der Waals surface area contributed by atoms with Gasteiger partial charge in [0.05, 0.1) is 0 Å². The molecule has 0 radical (unpaired) electrons. The van der Waals surface area contributed by atoms with Crippen LogP contribution in [0, 0.1) is 6.92 Å². The predicted octanol–water partition coefficient (Wildman–Crippen LogP) is 2.98. The lowest BCUT2D eigenvalue weighted by atomic mass is 10.1. The van der Waals surface area contributed by atoms with Crippen molar-refractivity contribution in [3.63, 3.8) is 0 Å². The zero-order valence-corrected chi connectivity index (χ0v) is 14.1. The molecule has 3 rings (SSSR count). The molecule has 24 heavy (non-hydrogen) atoms. The summed E-state index contributed by atoms with van der Waals surface area (Å²) in [6, 6.07) is 14.6. The molecule has 1 atom stereocenters. The maximum atomic E-state index is 12.7. The van der Waals surface area contributed by atoms with Gasteiger partial charge in [0, 0.05) is 30.0 Å². The van der Waals surface area contributed by atoms with Gasteiger partial charge in [0.2, 0.25) is 10.0 Å². The van der Waals surface area contributed by atoms with Crippen LogP contribution in [0.4, 0.5) is 5.69 Å². The number of pyridine rings is 1. The van der Waals surface area contributed by atoms with E-state index in [4.69, 9.17) is 5.73 Å². The van der Waals surface area contributed by atoms with Crippen LogP contribution in [-0.4, -0.2) is 19.9 Å². The second-order valence-corrected chi connectivity index (χ2v) is 7.58. The topological polar surface area (TPSA) is 85.1 Å². The standard InChI is InChI=1S/C18H19N3O2S/c1-13-2-4-14(5-3-13)18(11-19)24(22,23)21-17-7-6-16-12-20-9-8-15(16)10-17/h2-10,12,18,21H,11,19H2,1H3. The van der Waals surface area contributed by atoms with Crippen molar-refractivity contribution in [1.82, 2.24) is 4.98 Å². The fraction of sp³-hybridized carbons (Fsp3) is 0.167. The summed E-state index contributed by atoms with van der Waals surface area (Å²) < 4.78 is 28.1.